The molecule has 0 aliphatic rings. The predicted octanol–water partition coefficient (Wildman–Crippen LogP) is 6.49. The van der Waals surface area contributed by atoms with Gasteiger partial charge in [-0.05, 0) is 47.7 Å². The zero-order valence-electron chi connectivity index (χ0n) is 21.7. The number of aryl methyl sites for hydroxylation is 1. The Hall–Kier alpha value is -3.41. The molecule has 0 saturated carbocycles. The highest BCUT2D eigenvalue weighted by molar-refractivity contribution is 7.77. The summed E-state index contributed by atoms with van der Waals surface area (Å²) in [6.07, 6.45) is 3.79. The van der Waals surface area contributed by atoms with Crippen LogP contribution in [-0.4, -0.2) is 28.7 Å². The largest absolute Gasteiger partial charge is 0.755 e. The highest BCUT2D eigenvalue weighted by Gasteiger charge is 2.23. The van der Waals surface area contributed by atoms with Gasteiger partial charge in [0.1, 0.15) is 17.5 Å². The lowest BCUT2D eigenvalue weighted by Crippen LogP contribution is -2.34. The Morgan fingerprint density at radius 1 is 1.18 bits per heavy atom. The molecule has 4 aromatic rings. The zero-order chi connectivity index (χ0) is 28.1. The van der Waals surface area contributed by atoms with Gasteiger partial charge >= 0.3 is 6.09 Å². The Balaban J connectivity index is 1.61. The maximum absolute atomic E-state index is 15.2. The van der Waals surface area contributed by atoms with E-state index in [-0.39, 0.29) is 11.6 Å². The Kier molecular flexibility index (Phi) is 9.26. The Morgan fingerprint density at radius 3 is 2.56 bits per heavy atom. The summed E-state index contributed by atoms with van der Waals surface area (Å²) in [7, 11) is 0. The molecule has 7 nitrogen and oxygen atoms in total. The summed E-state index contributed by atoms with van der Waals surface area (Å²) in [6.45, 7) is 6.07. The maximum atomic E-state index is 15.2. The average Bonchev–Trinajstić information content (AvgIpc) is 3.50. The summed E-state index contributed by atoms with van der Waals surface area (Å²) in [5.74, 6) is 0.262. The van der Waals surface area contributed by atoms with Crippen molar-refractivity contribution >= 4 is 28.7 Å². The minimum atomic E-state index is -2.94. The van der Waals surface area contributed by atoms with Gasteiger partial charge < -0.3 is 13.9 Å². The van der Waals surface area contributed by atoms with E-state index in [1.54, 1.807) is 24.5 Å². The van der Waals surface area contributed by atoms with Crippen molar-refractivity contribution < 1.29 is 27.1 Å². The molecular formula is C28H28F2N3O4S2-. The molecule has 0 saturated heterocycles. The molecule has 1 atom stereocenters. The second kappa shape index (κ2) is 12.6. The van der Waals surface area contributed by atoms with Gasteiger partial charge in [-0.25, -0.2) is 22.9 Å². The van der Waals surface area contributed by atoms with Crippen LogP contribution in [0.1, 0.15) is 42.6 Å². The molecule has 0 N–H and O–H groups in total. The minimum absolute atomic E-state index is 0.167. The number of halogens is 2. The molecule has 0 spiro atoms. The number of amides is 1. The van der Waals surface area contributed by atoms with E-state index in [1.165, 1.54) is 41.7 Å². The molecule has 4 rings (SSSR count). The van der Waals surface area contributed by atoms with E-state index < -0.39 is 29.0 Å². The Labute approximate surface area is 232 Å². The smallest absolute Gasteiger partial charge is 0.427 e. The molecule has 0 aliphatic heterocycles. The molecule has 1 unspecified atom stereocenters. The monoisotopic (exact) mass is 572 g/mol. The summed E-state index contributed by atoms with van der Waals surface area (Å²) in [6, 6.07) is 11.8. The number of carbonyl (C=O) groups excluding carboxylic acids is 1. The minimum Gasteiger partial charge on any atom is -0.755 e. The second-order valence-electron chi connectivity index (χ2n) is 9.39. The van der Waals surface area contributed by atoms with Crippen LogP contribution in [0.5, 0.6) is 5.06 Å². The first-order valence-corrected chi connectivity index (χ1v) is 14.2. The Bertz CT molecular complexity index is 1470. The van der Waals surface area contributed by atoms with E-state index in [0.29, 0.717) is 45.4 Å². The molecule has 0 fully saturated rings. The van der Waals surface area contributed by atoms with Gasteiger partial charge in [0.05, 0.1) is 24.4 Å². The summed E-state index contributed by atoms with van der Waals surface area (Å²) >= 11 is -1.73. The van der Waals surface area contributed by atoms with Crippen LogP contribution in [0.3, 0.4) is 0 Å². The number of nitrogens with zero attached hydrogens (tertiary/aromatic N) is 3. The van der Waals surface area contributed by atoms with E-state index in [2.05, 4.69) is 4.98 Å². The number of benzene rings is 2. The molecule has 39 heavy (non-hydrogen) atoms. The highest BCUT2D eigenvalue weighted by atomic mass is 32.2. The lowest BCUT2D eigenvalue weighted by atomic mass is 10.0. The number of rotatable bonds is 10. The number of ether oxygens (including phenoxy) is 1. The third-order valence-corrected chi connectivity index (χ3v) is 7.66. The first-order chi connectivity index (χ1) is 18.6. The number of imidazole rings is 1. The van der Waals surface area contributed by atoms with Crippen LogP contribution in [0.25, 0.3) is 11.1 Å². The molecule has 0 aliphatic carbocycles. The number of thiophene rings is 1. The van der Waals surface area contributed by atoms with Crippen molar-refractivity contribution in [2.45, 2.75) is 46.7 Å². The van der Waals surface area contributed by atoms with E-state index in [4.69, 9.17) is 4.74 Å². The quantitative estimate of drug-likeness (QED) is 0.203. The third-order valence-electron chi connectivity index (χ3n) is 5.98. The molecule has 206 valence electrons. The van der Waals surface area contributed by atoms with Crippen molar-refractivity contribution in [1.82, 2.24) is 13.9 Å². The van der Waals surface area contributed by atoms with Crippen LogP contribution in [0.15, 0.2) is 60.9 Å². The normalized spacial score (nSPS) is 12.1. The van der Waals surface area contributed by atoms with Crippen LogP contribution in [0.2, 0.25) is 0 Å². The first kappa shape index (κ1) is 28.6. The summed E-state index contributed by atoms with van der Waals surface area (Å²) < 4.78 is 60.2. The van der Waals surface area contributed by atoms with Crippen molar-refractivity contribution in [2.75, 3.05) is 0 Å². The van der Waals surface area contributed by atoms with Crippen molar-refractivity contribution in [2.24, 2.45) is 5.92 Å². The fourth-order valence-corrected chi connectivity index (χ4v) is 5.74. The van der Waals surface area contributed by atoms with Crippen LogP contribution in [0, 0.1) is 17.6 Å². The lowest BCUT2D eigenvalue weighted by Gasteiger charge is -2.23. The second-order valence-corrected chi connectivity index (χ2v) is 11.4. The fourth-order valence-electron chi connectivity index (χ4n) is 4.09. The van der Waals surface area contributed by atoms with Crippen molar-refractivity contribution in [1.29, 1.82) is 0 Å². The van der Waals surface area contributed by atoms with Crippen molar-refractivity contribution in [3.05, 3.63) is 94.4 Å². The zero-order valence-corrected chi connectivity index (χ0v) is 23.4. The van der Waals surface area contributed by atoms with Gasteiger partial charge in [0.25, 0.3) is 0 Å². The number of hydrogen-bond acceptors (Lipinski definition) is 6. The predicted molar refractivity (Wildman–Crippen MR) is 146 cm³/mol. The van der Waals surface area contributed by atoms with E-state index in [0.717, 1.165) is 17.1 Å². The topological polar surface area (TPSA) is 87.5 Å². The van der Waals surface area contributed by atoms with E-state index in [9.17, 15) is 17.9 Å². The Morgan fingerprint density at radius 2 is 1.92 bits per heavy atom. The summed E-state index contributed by atoms with van der Waals surface area (Å²) in [4.78, 5) is 18.1. The molecule has 2 heterocycles. The van der Waals surface area contributed by atoms with Gasteiger partial charge in [-0.2, -0.15) is 0 Å². The van der Waals surface area contributed by atoms with Gasteiger partial charge in [0, 0.05) is 34.8 Å². The molecule has 2 aromatic heterocycles. The van der Waals surface area contributed by atoms with Crippen LogP contribution in [0.4, 0.5) is 13.6 Å². The number of hydrogen-bond donors (Lipinski definition) is 0. The average molecular weight is 573 g/mol. The molecule has 0 radical (unpaired) electrons. The molecule has 2 aromatic carbocycles. The number of aromatic nitrogens is 2. The number of carbonyl (C=O) groups is 1. The first-order valence-electron chi connectivity index (χ1n) is 12.4. The van der Waals surface area contributed by atoms with Gasteiger partial charge in [-0.15, -0.1) is 11.3 Å². The van der Waals surface area contributed by atoms with Gasteiger partial charge in [-0.3, -0.25) is 4.21 Å². The summed E-state index contributed by atoms with van der Waals surface area (Å²) in [5.41, 5.74) is 1.88. The fraction of sp³-hybridized carbons (Fsp3) is 0.286. The van der Waals surface area contributed by atoms with Crippen LogP contribution >= 0.6 is 11.3 Å². The molecule has 11 heteroatoms. The van der Waals surface area contributed by atoms with Gasteiger partial charge in [0.15, 0.2) is 5.06 Å². The van der Waals surface area contributed by atoms with E-state index >= 15 is 4.39 Å². The van der Waals surface area contributed by atoms with Crippen molar-refractivity contribution in [3.63, 3.8) is 0 Å². The molecule has 1 amide bonds. The molecular weight excluding hydrogens is 544 g/mol. The maximum Gasteiger partial charge on any atom is 0.427 e. The van der Waals surface area contributed by atoms with Crippen LogP contribution in [-0.2, 0) is 37.2 Å². The SMILES string of the molecule is CCc1nccn1Cc1ccc(-c2cc(CC(C)C)sc2OC(=O)N(Cc2ccc(F)cc2)S(=O)[O-])cc1F. The standard InChI is InChI=1S/C28H29F2N3O4S2/c1-4-26-31-11-12-32(26)17-21-8-7-20(14-25(21)30)24-15-23(13-18(2)3)38-27(24)37-28(34)33(39(35)36)16-19-5-9-22(29)10-6-19/h5-12,14-15,18H,4,13,16-17H2,1-3H3,(H,35,36)/p-1. The van der Waals surface area contributed by atoms with Crippen molar-refractivity contribution in [3.8, 4) is 16.2 Å². The third kappa shape index (κ3) is 7.17. The highest BCUT2D eigenvalue weighted by Crippen LogP contribution is 2.40. The van der Waals surface area contributed by atoms with Crippen LogP contribution < -0.4 is 4.74 Å². The van der Waals surface area contributed by atoms with Gasteiger partial charge in [0.2, 0.25) is 0 Å². The molecule has 0 bridgehead atoms. The summed E-state index contributed by atoms with van der Waals surface area (Å²) in [5, 5.41) is 0.167. The van der Waals surface area contributed by atoms with Gasteiger partial charge in [-0.1, -0.05) is 45.0 Å². The lowest BCUT2D eigenvalue weighted by molar-refractivity contribution is 0.178. The van der Waals surface area contributed by atoms with E-state index in [1.807, 2.05) is 31.4 Å².